The molecule has 0 aliphatic carbocycles. The molecule has 1 aliphatic rings. The Morgan fingerprint density at radius 1 is 1.12 bits per heavy atom. The van der Waals surface area contributed by atoms with Gasteiger partial charge >= 0.3 is 0 Å². The van der Waals surface area contributed by atoms with E-state index in [1.807, 2.05) is 30.5 Å². The summed E-state index contributed by atoms with van der Waals surface area (Å²) in [7, 11) is 2.10. The summed E-state index contributed by atoms with van der Waals surface area (Å²) in [6.07, 6.45) is 4.00. The van der Waals surface area contributed by atoms with E-state index in [1.165, 1.54) is 16.5 Å². The SMILES string of the molecule is Cn1cc(CN2CCOC(c3ccc(-c4cccc(C(N)=O)c4)cn3)C2)c2ccccc21. The molecule has 1 fully saturated rings. The normalized spacial score (nSPS) is 17.0. The molecule has 1 aliphatic heterocycles. The van der Waals surface area contributed by atoms with Gasteiger partial charge in [0.15, 0.2) is 0 Å². The summed E-state index contributed by atoms with van der Waals surface area (Å²) in [6.45, 7) is 3.27. The number of hydrogen-bond donors (Lipinski definition) is 1. The van der Waals surface area contributed by atoms with E-state index in [4.69, 9.17) is 10.5 Å². The predicted molar refractivity (Wildman–Crippen MR) is 125 cm³/mol. The van der Waals surface area contributed by atoms with Gasteiger partial charge in [0, 0.05) is 61.1 Å². The molecule has 6 heteroatoms. The highest BCUT2D eigenvalue weighted by Crippen LogP contribution is 2.27. The van der Waals surface area contributed by atoms with Gasteiger partial charge in [0.25, 0.3) is 0 Å². The summed E-state index contributed by atoms with van der Waals surface area (Å²) < 4.78 is 8.24. The van der Waals surface area contributed by atoms with Crippen molar-refractivity contribution < 1.29 is 9.53 Å². The maximum Gasteiger partial charge on any atom is 0.248 e. The molecule has 0 spiro atoms. The minimum Gasteiger partial charge on any atom is -0.369 e. The van der Waals surface area contributed by atoms with Crippen LogP contribution >= 0.6 is 0 Å². The zero-order valence-electron chi connectivity index (χ0n) is 18.1. The number of pyridine rings is 1. The fourth-order valence-electron chi connectivity index (χ4n) is 4.44. The molecule has 2 aromatic heterocycles. The van der Waals surface area contributed by atoms with Crippen molar-refractivity contribution in [1.29, 1.82) is 0 Å². The maximum absolute atomic E-state index is 11.5. The van der Waals surface area contributed by atoms with E-state index in [0.717, 1.165) is 36.5 Å². The van der Waals surface area contributed by atoms with Crippen LogP contribution in [0.5, 0.6) is 0 Å². The summed E-state index contributed by atoms with van der Waals surface area (Å²) in [5.41, 5.74) is 11.3. The molecular formula is C26H26N4O2. The highest BCUT2D eigenvalue weighted by atomic mass is 16.5. The average molecular weight is 427 g/mol. The van der Waals surface area contributed by atoms with Crippen LogP contribution < -0.4 is 5.73 Å². The number of aromatic nitrogens is 2. The Bertz CT molecular complexity index is 1260. The number of hydrogen-bond acceptors (Lipinski definition) is 4. The molecule has 1 atom stereocenters. The Hall–Kier alpha value is -3.48. The molecule has 4 aromatic rings. The second-order valence-corrected chi connectivity index (χ2v) is 8.29. The molecule has 0 radical (unpaired) electrons. The highest BCUT2D eigenvalue weighted by molar-refractivity contribution is 5.94. The van der Waals surface area contributed by atoms with Crippen LogP contribution in [0.1, 0.15) is 27.7 Å². The third-order valence-corrected chi connectivity index (χ3v) is 6.12. The lowest BCUT2D eigenvalue weighted by molar-refractivity contribution is -0.0348. The first-order valence-corrected chi connectivity index (χ1v) is 10.8. The molecule has 1 saturated heterocycles. The molecule has 1 amide bonds. The van der Waals surface area contributed by atoms with Gasteiger partial charge in [0.1, 0.15) is 6.10 Å². The van der Waals surface area contributed by atoms with Crippen LogP contribution in [0.25, 0.3) is 22.0 Å². The van der Waals surface area contributed by atoms with Gasteiger partial charge in [-0.1, -0.05) is 36.4 Å². The molecule has 6 nitrogen and oxygen atoms in total. The predicted octanol–water partition coefficient (Wildman–Crippen LogP) is 3.91. The smallest absolute Gasteiger partial charge is 0.248 e. The van der Waals surface area contributed by atoms with E-state index in [1.54, 1.807) is 12.1 Å². The maximum atomic E-state index is 11.5. The number of nitrogens with zero attached hydrogens (tertiary/aromatic N) is 3. The lowest BCUT2D eigenvalue weighted by atomic mass is 10.0. The molecule has 3 heterocycles. The summed E-state index contributed by atoms with van der Waals surface area (Å²) in [5.74, 6) is -0.432. The van der Waals surface area contributed by atoms with Crippen molar-refractivity contribution in [2.45, 2.75) is 12.6 Å². The molecule has 2 N–H and O–H groups in total. The van der Waals surface area contributed by atoms with Crippen molar-refractivity contribution in [2.24, 2.45) is 12.8 Å². The summed E-state index contributed by atoms with van der Waals surface area (Å²) in [4.78, 5) is 18.6. The Labute approximate surface area is 187 Å². The van der Waals surface area contributed by atoms with Crippen molar-refractivity contribution >= 4 is 16.8 Å². The highest BCUT2D eigenvalue weighted by Gasteiger charge is 2.24. The second-order valence-electron chi connectivity index (χ2n) is 8.29. The van der Waals surface area contributed by atoms with Crippen molar-refractivity contribution in [2.75, 3.05) is 19.7 Å². The lowest BCUT2D eigenvalue weighted by Gasteiger charge is -2.32. The van der Waals surface area contributed by atoms with Gasteiger partial charge in [-0.05, 0) is 35.4 Å². The number of rotatable bonds is 5. The summed E-state index contributed by atoms with van der Waals surface area (Å²) in [5, 5.41) is 1.30. The first kappa shape index (κ1) is 20.4. The van der Waals surface area contributed by atoms with Gasteiger partial charge < -0.3 is 15.0 Å². The monoisotopic (exact) mass is 426 g/mol. The second kappa shape index (κ2) is 8.57. The van der Waals surface area contributed by atoms with Crippen LogP contribution in [0, 0.1) is 0 Å². The zero-order valence-corrected chi connectivity index (χ0v) is 18.1. The van der Waals surface area contributed by atoms with Gasteiger partial charge in [0.05, 0.1) is 12.3 Å². The van der Waals surface area contributed by atoms with Crippen LogP contribution in [0.3, 0.4) is 0 Å². The van der Waals surface area contributed by atoms with Crippen LogP contribution in [0.4, 0.5) is 0 Å². The van der Waals surface area contributed by atoms with Crippen molar-refractivity contribution in [1.82, 2.24) is 14.5 Å². The lowest BCUT2D eigenvalue weighted by Crippen LogP contribution is -2.38. The number of benzene rings is 2. The quantitative estimate of drug-likeness (QED) is 0.525. The van der Waals surface area contributed by atoms with Crippen molar-refractivity contribution in [3.05, 3.63) is 89.9 Å². The summed E-state index contributed by atoms with van der Waals surface area (Å²) in [6, 6.07) is 19.9. The third-order valence-electron chi connectivity index (χ3n) is 6.12. The Balaban J connectivity index is 1.31. The minimum absolute atomic E-state index is 0.0651. The van der Waals surface area contributed by atoms with Crippen molar-refractivity contribution in [3.63, 3.8) is 0 Å². The van der Waals surface area contributed by atoms with Gasteiger partial charge in [-0.25, -0.2) is 0 Å². The van der Waals surface area contributed by atoms with E-state index < -0.39 is 5.91 Å². The number of ether oxygens (including phenoxy) is 1. The first-order valence-electron chi connectivity index (χ1n) is 10.8. The van der Waals surface area contributed by atoms with Crippen LogP contribution in [0.15, 0.2) is 73.1 Å². The molecule has 32 heavy (non-hydrogen) atoms. The minimum atomic E-state index is -0.432. The van der Waals surface area contributed by atoms with Gasteiger partial charge in [-0.2, -0.15) is 0 Å². The number of morpholine rings is 1. The number of carbonyl (C=O) groups is 1. The number of aryl methyl sites for hydroxylation is 1. The van der Waals surface area contributed by atoms with Crippen molar-refractivity contribution in [3.8, 4) is 11.1 Å². The standard InChI is InChI=1S/C26H26N4O2/c1-29-15-21(22-7-2-3-8-24(22)29)16-30-11-12-32-25(17-30)23-10-9-20(14-28-23)18-5-4-6-19(13-18)26(27)31/h2-10,13-15,25H,11-12,16-17H2,1H3,(H2,27,31). The fourth-order valence-corrected chi connectivity index (χ4v) is 4.44. The van der Waals surface area contributed by atoms with Crippen LogP contribution in [-0.2, 0) is 18.3 Å². The van der Waals surface area contributed by atoms with Crippen LogP contribution in [-0.4, -0.2) is 40.1 Å². The number of amides is 1. The molecule has 0 bridgehead atoms. The average Bonchev–Trinajstić information content (AvgIpc) is 3.15. The third kappa shape index (κ3) is 4.02. The van der Waals surface area contributed by atoms with E-state index in [9.17, 15) is 4.79 Å². The largest absolute Gasteiger partial charge is 0.369 e. The van der Waals surface area contributed by atoms with Gasteiger partial charge in [-0.3, -0.25) is 14.7 Å². The number of carbonyl (C=O) groups excluding carboxylic acids is 1. The number of para-hydroxylation sites is 1. The zero-order chi connectivity index (χ0) is 22.1. The molecular weight excluding hydrogens is 400 g/mol. The first-order chi connectivity index (χ1) is 15.6. The fraction of sp³-hybridized carbons (Fsp3) is 0.231. The Kier molecular flexibility index (Phi) is 5.47. The molecule has 162 valence electrons. The number of nitrogens with two attached hydrogens (primary N) is 1. The molecule has 1 unspecified atom stereocenters. The Morgan fingerprint density at radius 2 is 2.00 bits per heavy atom. The molecule has 5 rings (SSSR count). The van der Waals surface area contributed by atoms with E-state index in [0.29, 0.717) is 12.2 Å². The Morgan fingerprint density at radius 3 is 2.81 bits per heavy atom. The van der Waals surface area contributed by atoms with Crippen LogP contribution in [0.2, 0.25) is 0 Å². The van der Waals surface area contributed by atoms with Gasteiger partial charge in [-0.15, -0.1) is 0 Å². The van der Waals surface area contributed by atoms with Gasteiger partial charge in [0.2, 0.25) is 5.91 Å². The topological polar surface area (TPSA) is 73.4 Å². The summed E-state index contributed by atoms with van der Waals surface area (Å²) >= 11 is 0. The molecule has 2 aromatic carbocycles. The molecule has 0 saturated carbocycles. The van der Waals surface area contributed by atoms with E-state index in [2.05, 4.69) is 52.0 Å². The van der Waals surface area contributed by atoms with E-state index in [-0.39, 0.29) is 6.10 Å². The number of primary amides is 1. The number of fused-ring (bicyclic) bond motifs is 1. The van der Waals surface area contributed by atoms with E-state index >= 15 is 0 Å².